The van der Waals surface area contributed by atoms with Crippen molar-refractivity contribution in [2.24, 2.45) is 0 Å². The van der Waals surface area contributed by atoms with Crippen LogP contribution in [0.2, 0.25) is 0 Å². The summed E-state index contributed by atoms with van der Waals surface area (Å²) < 4.78 is 10.5. The van der Waals surface area contributed by atoms with Gasteiger partial charge in [-0.25, -0.2) is 14.8 Å². The highest BCUT2D eigenvalue weighted by Crippen LogP contribution is 2.34. The molecule has 3 heterocycles. The monoisotopic (exact) mass is 370 g/mol. The van der Waals surface area contributed by atoms with Crippen LogP contribution in [0.1, 0.15) is 12.8 Å². The summed E-state index contributed by atoms with van der Waals surface area (Å²) in [7, 11) is 0. The first-order valence-electron chi connectivity index (χ1n) is 9.03. The number of nitrogens with zero attached hydrogens (tertiary/aromatic N) is 3. The highest BCUT2D eigenvalue weighted by atomic mass is 16.7. The number of fused-ring (bicyclic) bond motifs is 1. The third kappa shape index (κ3) is 4.30. The second-order valence-electron chi connectivity index (χ2n) is 6.33. The van der Waals surface area contributed by atoms with Crippen molar-refractivity contribution in [1.82, 2.24) is 15.3 Å². The first-order valence-corrected chi connectivity index (χ1v) is 9.03. The normalized spacial score (nSPS) is 14.9. The van der Waals surface area contributed by atoms with Crippen molar-refractivity contribution in [3.8, 4) is 11.5 Å². The Bertz CT molecular complexity index is 809. The minimum Gasteiger partial charge on any atom is -0.454 e. The third-order valence-electron chi connectivity index (χ3n) is 4.43. The molecule has 0 radical (unpaired) electrons. The molecule has 0 spiro atoms. The van der Waals surface area contributed by atoms with Crippen molar-refractivity contribution in [3.63, 3.8) is 0 Å². The number of carbonyl (C=O) groups is 1. The lowest BCUT2D eigenvalue weighted by atomic mass is 10.3. The van der Waals surface area contributed by atoms with E-state index in [1.807, 2.05) is 6.07 Å². The van der Waals surface area contributed by atoms with E-state index in [0.29, 0.717) is 30.3 Å². The van der Waals surface area contributed by atoms with Crippen molar-refractivity contribution in [3.05, 3.63) is 30.6 Å². The van der Waals surface area contributed by atoms with Gasteiger partial charge in [0.25, 0.3) is 0 Å². The van der Waals surface area contributed by atoms with Gasteiger partial charge in [-0.3, -0.25) is 0 Å². The molecule has 1 aromatic carbocycles. The van der Waals surface area contributed by atoms with E-state index in [4.69, 9.17) is 9.47 Å². The second kappa shape index (κ2) is 7.98. The predicted molar refractivity (Wildman–Crippen MR) is 102 cm³/mol. The standard InChI is InChI=1S/C18H22N6O3/c25-18(23-13-3-4-14-15(9-13)27-12-26-14)20-6-5-19-16-10-17(22-11-21-16)24-7-1-2-8-24/h3-4,9-11H,1-2,5-8,12H2,(H,19,21,22)(H2,20,23,25). The van der Waals surface area contributed by atoms with Gasteiger partial charge in [0, 0.05) is 44.0 Å². The largest absolute Gasteiger partial charge is 0.454 e. The van der Waals surface area contributed by atoms with Gasteiger partial charge in [-0.05, 0) is 25.0 Å². The van der Waals surface area contributed by atoms with Gasteiger partial charge >= 0.3 is 6.03 Å². The van der Waals surface area contributed by atoms with Gasteiger partial charge in [0.15, 0.2) is 11.5 Å². The van der Waals surface area contributed by atoms with E-state index in [-0.39, 0.29) is 12.8 Å². The molecule has 9 heteroatoms. The summed E-state index contributed by atoms with van der Waals surface area (Å²) in [4.78, 5) is 22.8. The van der Waals surface area contributed by atoms with Crippen LogP contribution in [0.25, 0.3) is 0 Å². The first-order chi connectivity index (χ1) is 13.3. The van der Waals surface area contributed by atoms with Crippen LogP contribution >= 0.6 is 0 Å². The van der Waals surface area contributed by atoms with E-state index in [0.717, 1.165) is 24.7 Å². The van der Waals surface area contributed by atoms with Gasteiger partial charge in [-0.15, -0.1) is 0 Å². The van der Waals surface area contributed by atoms with Gasteiger partial charge in [-0.2, -0.15) is 0 Å². The lowest BCUT2D eigenvalue weighted by molar-refractivity contribution is 0.174. The summed E-state index contributed by atoms with van der Waals surface area (Å²) in [5, 5.41) is 8.78. The predicted octanol–water partition coefficient (Wildman–Crippen LogP) is 2.04. The SMILES string of the molecule is O=C(NCCNc1cc(N2CCCC2)ncn1)Nc1ccc2c(c1)OCO2. The van der Waals surface area contributed by atoms with Gasteiger partial charge in [0.1, 0.15) is 18.0 Å². The molecule has 2 aliphatic heterocycles. The van der Waals surface area contributed by atoms with Gasteiger partial charge in [-0.1, -0.05) is 0 Å². The quantitative estimate of drug-likeness (QED) is 0.669. The van der Waals surface area contributed by atoms with E-state index in [1.165, 1.54) is 12.8 Å². The Kier molecular flexibility index (Phi) is 5.08. The van der Waals surface area contributed by atoms with Crippen LogP contribution in [0.4, 0.5) is 22.1 Å². The van der Waals surface area contributed by atoms with E-state index < -0.39 is 0 Å². The summed E-state index contributed by atoms with van der Waals surface area (Å²) in [6, 6.07) is 6.94. The van der Waals surface area contributed by atoms with Crippen molar-refractivity contribution >= 4 is 23.4 Å². The van der Waals surface area contributed by atoms with Gasteiger partial charge in [0.2, 0.25) is 6.79 Å². The molecule has 142 valence electrons. The number of aromatic nitrogens is 2. The summed E-state index contributed by atoms with van der Waals surface area (Å²) in [6.07, 6.45) is 3.97. The average molecular weight is 370 g/mol. The molecule has 1 fully saturated rings. The highest BCUT2D eigenvalue weighted by molar-refractivity contribution is 5.89. The van der Waals surface area contributed by atoms with E-state index in [1.54, 1.807) is 24.5 Å². The van der Waals surface area contributed by atoms with Crippen LogP contribution < -0.4 is 30.3 Å². The molecule has 27 heavy (non-hydrogen) atoms. The molecule has 0 aliphatic carbocycles. The van der Waals surface area contributed by atoms with Crippen LogP contribution in [-0.2, 0) is 0 Å². The number of rotatable bonds is 6. The number of carbonyl (C=O) groups excluding carboxylic acids is 1. The number of ether oxygens (including phenoxy) is 2. The van der Waals surface area contributed by atoms with Crippen molar-refractivity contribution in [1.29, 1.82) is 0 Å². The molecule has 0 atom stereocenters. The topological polar surface area (TPSA) is 101 Å². The van der Waals surface area contributed by atoms with Crippen molar-refractivity contribution in [2.75, 3.05) is 48.5 Å². The summed E-state index contributed by atoms with van der Waals surface area (Å²) in [6.45, 7) is 3.31. The fourth-order valence-corrected chi connectivity index (χ4v) is 3.08. The van der Waals surface area contributed by atoms with Crippen LogP contribution in [0.3, 0.4) is 0 Å². The van der Waals surface area contributed by atoms with Crippen molar-refractivity contribution < 1.29 is 14.3 Å². The van der Waals surface area contributed by atoms with Crippen LogP contribution in [-0.4, -0.2) is 49.0 Å². The second-order valence-corrected chi connectivity index (χ2v) is 6.33. The Morgan fingerprint density at radius 1 is 1.07 bits per heavy atom. The minimum absolute atomic E-state index is 0.208. The van der Waals surface area contributed by atoms with Crippen molar-refractivity contribution in [2.45, 2.75) is 12.8 Å². The third-order valence-corrected chi connectivity index (χ3v) is 4.43. The number of benzene rings is 1. The zero-order valence-electron chi connectivity index (χ0n) is 14.9. The minimum atomic E-state index is -0.281. The molecule has 2 amide bonds. The zero-order valence-corrected chi connectivity index (χ0v) is 14.9. The molecule has 0 bridgehead atoms. The summed E-state index contributed by atoms with van der Waals surface area (Å²) in [5.41, 5.74) is 0.649. The first kappa shape index (κ1) is 17.2. The van der Waals surface area contributed by atoms with Gasteiger partial charge in [0.05, 0.1) is 0 Å². The maximum atomic E-state index is 12.0. The fourth-order valence-electron chi connectivity index (χ4n) is 3.08. The fraction of sp³-hybridized carbons (Fsp3) is 0.389. The van der Waals surface area contributed by atoms with Gasteiger partial charge < -0.3 is 30.3 Å². The average Bonchev–Trinajstić information content (AvgIpc) is 3.37. The highest BCUT2D eigenvalue weighted by Gasteiger charge is 2.15. The molecular weight excluding hydrogens is 348 g/mol. The number of urea groups is 1. The smallest absolute Gasteiger partial charge is 0.319 e. The molecule has 0 unspecified atom stereocenters. The molecule has 0 saturated carbocycles. The lowest BCUT2D eigenvalue weighted by Gasteiger charge is -2.16. The molecule has 4 rings (SSSR count). The summed E-state index contributed by atoms with van der Waals surface area (Å²) >= 11 is 0. The number of hydrogen-bond donors (Lipinski definition) is 3. The molecule has 2 aromatic rings. The molecule has 1 aromatic heterocycles. The van der Waals surface area contributed by atoms with Crippen LogP contribution in [0, 0.1) is 0 Å². The number of amides is 2. The molecule has 3 N–H and O–H groups in total. The Labute approximate surface area is 157 Å². The number of nitrogens with one attached hydrogen (secondary N) is 3. The molecule has 2 aliphatic rings. The number of anilines is 3. The Morgan fingerprint density at radius 3 is 2.81 bits per heavy atom. The lowest BCUT2D eigenvalue weighted by Crippen LogP contribution is -2.32. The molecule has 9 nitrogen and oxygen atoms in total. The summed E-state index contributed by atoms with van der Waals surface area (Å²) in [5.74, 6) is 3.01. The van der Waals surface area contributed by atoms with E-state index in [9.17, 15) is 4.79 Å². The number of hydrogen-bond acceptors (Lipinski definition) is 7. The van der Waals surface area contributed by atoms with Crippen LogP contribution in [0.5, 0.6) is 11.5 Å². The Morgan fingerprint density at radius 2 is 1.93 bits per heavy atom. The van der Waals surface area contributed by atoms with E-state index >= 15 is 0 Å². The van der Waals surface area contributed by atoms with E-state index in [2.05, 4.69) is 30.8 Å². The Balaban J connectivity index is 1.21. The molecule has 1 saturated heterocycles. The maximum Gasteiger partial charge on any atom is 0.319 e. The zero-order chi connectivity index (χ0) is 18.5. The maximum absolute atomic E-state index is 12.0. The van der Waals surface area contributed by atoms with Crippen LogP contribution in [0.15, 0.2) is 30.6 Å². The Hall–Kier alpha value is -3.23. The molecular formula is C18H22N6O3.